The average molecular weight is 340 g/mol. The summed E-state index contributed by atoms with van der Waals surface area (Å²) in [5, 5.41) is 1.12. The van der Waals surface area contributed by atoms with Crippen LogP contribution in [0.25, 0.3) is 10.2 Å². The van der Waals surface area contributed by atoms with Crippen LogP contribution in [0.1, 0.15) is 38.1 Å². The van der Waals surface area contributed by atoms with Crippen molar-refractivity contribution in [2.75, 3.05) is 12.9 Å². The highest BCUT2D eigenvalue weighted by atomic mass is 32.2. The third kappa shape index (κ3) is 3.20. The quantitative estimate of drug-likeness (QED) is 0.459. The predicted molar refractivity (Wildman–Crippen MR) is 91.0 cm³/mol. The maximum absolute atomic E-state index is 12.8. The second kappa shape index (κ2) is 7.28. The standard InChI is InChI=1S/C15H20N2O3S2/c1-5-7-20-14(19)9(3)17-13(18)11-8-10(6-2)22-12(11)16-15(17)21-4/h8-9H,5-7H2,1-4H3. The minimum Gasteiger partial charge on any atom is -0.464 e. The average Bonchev–Trinajstić information content (AvgIpc) is 2.95. The van der Waals surface area contributed by atoms with Gasteiger partial charge >= 0.3 is 5.97 Å². The summed E-state index contributed by atoms with van der Waals surface area (Å²) in [4.78, 5) is 31.3. The number of carbonyl (C=O) groups excluding carboxylic acids is 1. The Morgan fingerprint density at radius 1 is 1.50 bits per heavy atom. The molecule has 0 aliphatic rings. The van der Waals surface area contributed by atoms with E-state index in [1.807, 2.05) is 26.2 Å². The Morgan fingerprint density at radius 3 is 2.82 bits per heavy atom. The van der Waals surface area contributed by atoms with E-state index < -0.39 is 12.0 Å². The first kappa shape index (κ1) is 17.0. The van der Waals surface area contributed by atoms with Gasteiger partial charge in [-0.1, -0.05) is 25.6 Å². The van der Waals surface area contributed by atoms with Gasteiger partial charge in [-0.05, 0) is 32.1 Å². The van der Waals surface area contributed by atoms with Gasteiger partial charge in [-0.2, -0.15) is 0 Å². The lowest BCUT2D eigenvalue weighted by Gasteiger charge is -2.16. The van der Waals surface area contributed by atoms with Gasteiger partial charge in [0.2, 0.25) is 0 Å². The van der Waals surface area contributed by atoms with Crippen molar-refractivity contribution in [3.63, 3.8) is 0 Å². The van der Waals surface area contributed by atoms with Gasteiger partial charge in [-0.25, -0.2) is 9.78 Å². The number of thiophene rings is 1. The van der Waals surface area contributed by atoms with Crippen LogP contribution in [0.4, 0.5) is 0 Å². The van der Waals surface area contributed by atoms with Crippen LogP contribution in [0.15, 0.2) is 16.0 Å². The number of thioether (sulfide) groups is 1. The smallest absolute Gasteiger partial charge is 0.329 e. The van der Waals surface area contributed by atoms with Crippen molar-refractivity contribution in [2.24, 2.45) is 0 Å². The predicted octanol–water partition coefficient (Wildman–Crippen LogP) is 3.26. The SMILES string of the molecule is CCCOC(=O)C(C)n1c(SC)nc2sc(CC)cc2c1=O. The number of aromatic nitrogens is 2. The maximum Gasteiger partial charge on any atom is 0.329 e. The topological polar surface area (TPSA) is 61.2 Å². The zero-order chi connectivity index (χ0) is 16.3. The van der Waals surface area contributed by atoms with E-state index in [4.69, 9.17) is 4.74 Å². The van der Waals surface area contributed by atoms with Gasteiger partial charge in [0, 0.05) is 4.88 Å². The molecule has 0 amide bonds. The number of esters is 1. The number of rotatable bonds is 6. The molecule has 2 rings (SSSR count). The lowest BCUT2D eigenvalue weighted by atomic mass is 10.3. The monoisotopic (exact) mass is 340 g/mol. The molecule has 22 heavy (non-hydrogen) atoms. The molecule has 7 heteroatoms. The highest BCUT2D eigenvalue weighted by Gasteiger charge is 2.23. The Kier molecular flexibility index (Phi) is 5.63. The molecule has 2 aromatic rings. The summed E-state index contributed by atoms with van der Waals surface area (Å²) in [6.07, 6.45) is 3.47. The van der Waals surface area contributed by atoms with Crippen molar-refractivity contribution < 1.29 is 9.53 Å². The van der Waals surface area contributed by atoms with Crippen molar-refractivity contribution in [2.45, 2.75) is 44.8 Å². The number of carbonyl (C=O) groups is 1. The van der Waals surface area contributed by atoms with Gasteiger partial charge < -0.3 is 4.74 Å². The molecule has 0 radical (unpaired) electrons. The second-order valence-electron chi connectivity index (χ2n) is 4.90. The van der Waals surface area contributed by atoms with Crippen molar-refractivity contribution in [3.8, 4) is 0 Å². The zero-order valence-corrected chi connectivity index (χ0v) is 14.8. The molecular formula is C15H20N2O3S2. The Balaban J connectivity index is 2.53. The summed E-state index contributed by atoms with van der Waals surface area (Å²) < 4.78 is 6.61. The van der Waals surface area contributed by atoms with Crippen LogP contribution in [-0.2, 0) is 16.0 Å². The van der Waals surface area contributed by atoms with E-state index in [0.717, 1.165) is 22.5 Å². The molecule has 0 aliphatic heterocycles. The lowest BCUT2D eigenvalue weighted by Crippen LogP contribution is -2.31. The molecule has 0 fully saturated rings. The molecule has 1 atom stereocenters. The minimum atomic E-state index is -0.677. The van der Waals surface area contributed by atoms with Gasteiger partial charge in [0.25, 0.3) is 5.56 Å². The maximum atomic E-state index is 12.8. The van der Waals surface area contributed by atoms with Crippen molar-refractivity contribution >= 4 is 39.3 Å². The van der Waals surface area contributed by atoms with Crippen LogP contribution in [0.2, 0.25) is 0 Å². The molecule has 2 heterocycles. The first-order valence-electron chi connectivity index (χ1n) is 7.29. The highest BCUT2D eigenvalue weighted by Crippen LogP contribution is 2.26. The number of nitrogens with zero attached hydrogens (tertiary/aromatic N) is 2. The summed E-state index contributed by atoms with van der Waals surface area (Å²) >= 11 is 2.89. The van der Waals surface area contributed by atoms with Crippen molar-refractivity contribution in [3.05, 3.63) is 21.3 Å². The minimum absolute atomic E-state index is 0.175. The summed E-state index contributed by atoms with van der Waals surface area (Å²) in [6, 6.07) is 1.20. The molecule has 0 spiro atoms. The van der Waals surface area contributed by atoms with Gasteiger partial charge in [-0.3, -0.25) is 9.36 Å². The highest BCUT2D eigenvalue weighted by molar-refractivity contribution is 7.98. The zero-order valence-electron chi connectivity index (χ0n) is 13.2. The number of hydrogen-bond donors (Lipinski definition) is 0. The molecule has 0 aromatic carbocycles. The molecule has 0 saturated heterocycles. The summed E-state index contributed by atoms with van der Waals surface area (Å²) in [7, 11) is 0. The Hall–Kier alpha value is -1.34. The van der Waals surface area contributed by atoms with E-state index in [-0.39, 0.29) is 5.56 Å². The molecule has 0 aliphatic carbocycles. The first-order chi connectivity index (χ1) is 10.5. The molecular weight excluding hydrogens is 320 g/mol. The van der Waals surface area contributed by atoms with E-state index in [2.05, 4.69) is 4.98 Å². The van der Waals surface area contributed by atoms with Crippen LogP contribution in [0.5, 0.6) is 0 Å². The van der Waals surface area contributed by atoms with Crippen molar-refractivity contribution in [1.82, 2.24) is 9.55 Å². The molecule has 5 nitrogen and oxygen atoms in total. The fourth-order valence-electron chi connectivity index (χ4n) is 2.11. The summed E-state index contributed by atoms with van der Waals surface area (Å²) in [5.74, 6) is -0.397. The molecule has 2 aromatic heterocycles. The van der Waals surface area contributed by atoms with Crippen LogP contribution < -0.4 is 5.56 Å². The van der Waals surface area contributed by atoms with Crippen molar-refractivity contribution in [1.29, 1.82) is 0 Å². The fraction of sp³-hybridized carbons (Fsp3) is 0.533. The second-order valence-corrected chi connectivity index (χ2v) is 6.79. The third-order valence-electron chi connectivity index (χ3n) is 3.32. The first-order valence-corrected chi connectivity index (χ1v) is 9.33. The van der Waals surface area contributed by atoms with Crippen LogP contribution in [0, 0.1) is 0 Å². The Labute approximate surface area is 137 Å². The molecule has 0 saturated carbocycles. The Morgan fingerprint density at radius 2 is 2.23 bits per heavy atom. The molecule has 1 unspecified atom stereocenters. The fourth-order valence-corrected chi connectivity index (χ4v) is 3.75. The number of fused-ring (bicyclic) bond motifs is 1. The van der Waals surface area contributed by atoms with E-state index >= 15 is 0 Å². The van der Waals surface area contributed by atoms with Gasteiger partial charge in [0.1, 0.15) is 10.9 Å². The molecule has 0 N–H and O–H groups in total. The van der Waals surface area contributed by atoms with E-state index in [1.165, 1.54) is 27.7 Å². The summed E-state index contributed by atoms with van der Waals surface area (Å²) in [6.45, 7) is 6.02. The van der Waals surface area contributed by atoms with E-state index in [0.29, 0.717) is 17.1 Å². The van der Waals surface area contributed by atoms with E-state index in [1.54, 1.807) is 6.92 Å². The summed E-state index contributed by atoms with van der Waals surface area (Å²) in [5.41, 5.74) is -0.175. The van der Waals surface area contributed by atoms with Crippen LogP contribution in [0.3, 0.4) is 0 Å². The van der Waals surface area contributed by atoms with Gasteiger partial charge in [0.15, 0.2) is 5.16 Å². The normalized spacial score (nSPS) is 12.5. The molecule has 0 bridgehead atoms. The third-order valence-corrected chi connectivity index (χ3v) is 5.15. The van der Waals surface area contributed by atoms with Gasteiger partial charge in [-0.15, -0.1) is 11.3 Å². The van der Waals surface area contributed by atoms with Gasteiger partial charge in [0.05, 0.1) is 12.0 Å². The number of hydrogen-bond acceptors (Lipinski definition) is 6. The largest absolute Gasteiger partial charge is 0.464 e. The van der Waals surface area contributed by atoms with E-state index in [9.17, 15) is 9.59 Å². The van der Waals surface area contributed by atoms with Crippen LogP contribution >= 0.6 is 23.1 Å². The van der Waals surface area contributed by atoms with Crippen LogP contribution in [-0.4, -0.2) is 28.4 Å². The number of ether oxygens (including phenoxy) is 1. The number of aryl methyl sites for hydroxylation is 1. The lowest BCUT2D eigenvalue weighted by molar-refractivity contribution is -0.147. The Bertz CT molecular complexity index is 736. The molecule has 120 valence electrons.